The highest BCUT2D eigenvalue weighted by atomic mass is 32.2. The number of rotatable bonds is 3. The summed E-state index contributed by atoms with van der Waals surface area (Å²) < 4.78 is -0.117. The fourth-order valence-electron chi connectivity index (χ4n) is 2.32. The van der Waals surface area contributed by atoms with Crippen LogP contribution in [-0.4, -0.2) is 22.4 Å². The van der Waals surface area contributed by atoms with Crippen molar-refractivity contribution in [2.45, 2.75) is 44.4 Å². The molecule has 1 N–H and O–H groups in total. The Morgan fingerprint density at radius 3 is 2.14 bits per heavy atom. The van der Waals surface area contributed by atoms with Crippen molar-refractivity contribution in [3.63, 3.8) is 0 Å². The highest BCUT2D eigenvalue weighted by molar-refractivity contribution is 8.05. The van der Waals surface area contributed by atoms with Crippen molar-refractivity contribution in [2.75, 3.05) is 0 Å². The number of carbonyl (C=O) groups excluding carboxylic acids is 2. The molecule has 1 fully saturated rings. The first-order valence-electron chi connectivity index (χ1n) is 7.25. The van der Waals surface area contributed by atoms with E-state index in [2.05, 4.69) is 26.1 Å². The number of thioether (sulfide) groups is 1. The van der Waals surface area contributed by atoms with Gasteiger partial charge in [-0.1, -0.05) is 45.0 Å². The number of hydrogen-bond acceptors (Lipinski definition) is 4. The summed E-state index contributed by atoms with van der Waals surface area (Å²) in [4.78, 5) is 26.1. The van der Waals surface area contributed by atoms with Gasteiger partial charge in [-0.15, -0.1) is 11.8 Å². The monoisotopic (exact) mass is 301 g/mol. The van der Waals surface area contributed by atoms with E-state index in [1.807, 2.05) is 6.07 Å². The molecule has 0 heterocycles. The second-order valence-corrected chi connectivity index (χ2v) is 8.38. The Hall–Kier alpha value is -1.55. The van der Waals surface area contributed by atoms with E-state index in [1.54, 1.807) is 18.2 Å². The summed E-state index contributed by atoms with van der Waals surface area (Å²) in [6.45, 7) is 6.16. The fourth-order valence-corrected chi connectivity index (χ4v) is 3.39. The maximum Gasteiger partial charge on any atom is 0.210 e. The van der Waals surface area contributed by atoms with E-state index in [0.717, 1.165) is 12.8 Å². The smallest absolute Gasteiger partial charge is 0.210 e. The molecule has 1 aromatic rings. The van der Waals surface area contributed by atoms with Crippen molar-refractivity contribution in [3.05, 3.63) is 46.0 Å². The van der Waals surface area contributed by atoms with Crippen molar-refractivity contribution >= 4 is 23.3 Å². The van der Waals surface area contributed by atoms with Crippen LogP contribution in [0.2, 0.25) is 0 Å². The Balaban J connectivity index is 2.08. The van der Waals surface area contributed by atoms with Crippen molar-refractivity contribution in [2.24, 2.45) is 0 Å². The van der Waals surface area contributed by atoms with Gasteiger partial charge in [0.25, 0.3) is 0 Å². The molecule has 1 saturated carbocycles. The van der Waals surface area contributed by atoms with Crippen LogP contribution < -0.4 is 5.32 Å². The van der Waals surface area contributed by atoms with Crippen LogP contribution in [0.15, 0.2) is 34.9 Å². The minimum absolute atomic E-state index is 0.0340. The maximum atomic E-state index is 12.8. The van der Waals surface area contributed by atoms with Gasteiger partial charge in [0, 0.05) is 21.9 Å². The van der Waals surface area contributed by atoms with Crippen LogP contribution in [0.4, 0.5) is 0 Å². The molecule has 0 atom stereocenters. The molecule has 2 aliphatic carbocycles. The minimum atomic E-state index is -0.117. The van der Waals surface area contributed by atoms with Gasteiger partial charge >= 0.3 is 0 Å². The van der Waals surface area contributed by atoms with E-state index in [9.17, 15) is 9.59 Å². The third kappa shape index (κ3) is 2.91. The van der Waals surface area contributed by atoms with Crippen LogP contribution in [0.25, 0.3) is 0 Å². The normalized spacial score (nSPS) is 18.8. The van der Waals surface area contributed by atoms with Gasteiger partial charge in [-0.3, -0.25) is 9.59 Å². The number of fused-ring (bicyclic) bond motifs is 1. The molecule has 110 valence electrons. The van der Waals surface area contributed by atoms with Crippen molar-refractivity contribution in [3.8, 4) is 0 Å². The number of nitrogens with one attached hydrogen (secondary N) is 1. The molecule has 0 aromatic heterocycles. The van der Waals surface area contributed by atoms with Gasteiger partial charge < -0.3 is 5.32 Å². The van der Waals surface area contributed by atoms with Gasteiger partial charge in [0.1, 0.15) is 5.70 Å². The average Bonchev–Trinajstić information content (AvgIpc) is 3.23. The van der Waals surface area contributed by atoms with E-state index in [0.29, 0.717) is 27.8 Å². The second kappa shape index (κ2) is 5.02. The van der Waals surface area contributed by atoms with Crippen LogP contribution in [0.3, 0.4) is 0 Å². The Morgan fingerprint density at radius 1 is 1.05 bits per heavy atom. The number of Topliss-reactive ketones (excluding diaryl/α,β-unsaturated/α-hetero) is 2. The first-order valence-corrected chi connectivity index (χ1v) is 8.07. The second-order valence-electron chi connectivity index (χ2n) is 6.54. The van der Waals surface area contributed by atoms with Gasteiger partial charge in [-0.2, -0.15) is 0 Å². The molecule has 0 radical (unpaired) electrons. The molecule has 4 heteroatoms. The van der Waals surface area contributed by atoms with Gasteiger partial charge in [0.2, 0.25) is 11.6 Å². The average molecular weight is 301 g/mol. The number of hydrogen-bond donors (Lipinski definition) is 1. The molecular formula is C17H19NO2S. The quantitative estimate of drug-likeness (QED) is 0.927. The lowest BCUT2D eigenvalue weighted by atomic mass is 9.92. The highest BCUT2D eigenvalue weighted by Gasteiger charge is 2.36. The minimum Gasteiger partial charge on any atom is -0.378 e. The summed E-state index contributed by atoms with van der Waals surface area (Å²) >= 11 is 1.48. The van der Waals surface area contributed by atoms with Crippen LogP contribution in [0.5, 0.6) is 0 Å². The molecule has 0 amide bonds. The van der Waals surface area contributed by atoms with Gasteiger partial charge in [-0.05, 0) is 12.8 Å². The largest absolute Gasteiger partial charge is 0.378 e. The number of benzene rings is 1. The molecule has 0 spiro atoms. The van der Waals surface area contributed by atoms with E-state index in [1.165, 1.54) is 11.8 Å². The molecule has 1 aromatic carbocycles. The zero-order valence-electron chi connectivity index (χ0n) is 12.5. The van der Waals surface area contributed by atoms with Gasteiger partial charge in [0.15, 0.2) is 0 Å². The lowest BCUT2D eigenvalue weighted by Crippen LogP contribution is -2.32. The molecule has 0 saturated heterocycles. The zero-order valence-corrected chi connectivity index (χ0v) is 13.3. The third-order valence-corrected chi connectivity index (χ3v) is 4.62. The van der Waals surface area contributed by atoms with E-state index in [-0.39, 0.29) is 16.3 Å². The lowest BCUT2D eigenvalue weighted by molar-refractivity contribution is 0.0975. The number of allylic oxidation sites excluding steroid dienone is 2. The van der Waals surface area contributed by atoms with E-state index >= 15 is 0 Å². The summed E-state index contributed by atoms with van der Waals surface area (Å²) in [5, 5.41) is 3.27. The van der Waals surface area contributed by atoms with Crippen LogP contribution in [0.1, 0.15) is 54.3 Å². The molecule has 0 unspecified atom stereocenters. The van der Waals surface area contributed by atoms with E-state index < -0.39 is 0 Å². The van der Waals surface area contributed by atoms with Gasteiger partial charge in [0.05, 0.1) is 4.91 Å². The molecular weight excluding hydrogens is 282 g/mol. The zero-order chi connectivity index (χ0) is 15.2. The van der Waals surface area contributed by atoms with Crippen LogP contribution >= 0.6 is 11.8 Å². The maximum absolute atomic E-state index is 12.8. The van der Waals surface area contributed by atoms with Gasteiger partial charge in [-0.25, -0.2) is 0 Å². The molecule has 0 bridgehead atoms. The fraction of sp³-hybridized carbons (Fsp3) is 0.412. The lowest BCUT2D eigenvalue weighted by Gasteiger charge is -2.26. The predicted octanol–water partition coefficient (Wildman–Crippen LogP) is 3.56. The Kier molecular flexibility index (Phi) is 3.44. The van der Waals surface area contributed by atoms with Crippen molar-refractivity contribution < 1.29 is 9.59 Å². The summed E-state index contributed by atoms with van der Waals surface area (Å²) in [5.74, 6) is -0.0860. The Bertz CT molecular complexity index is 651. The first kappa shape index (κ1) is 14.4. The standard InChI is InChI=1S/C17H19NO2S/c1-17(2,3)21-16-13(18-10-8-9-10)14(19)11-6-4-5-7-12(11)15(16)20/h4-7,10,18H,8-9H2,1-3H3. The summed E-state index contributed by atoms with van der Waals surface area (Å²) in [6, 6.07) is 7.44. The topological polar surface area (TPSA) is 46.2 Å². The highest BCUT2D eigenvalue weighted by Crippen LogP contribution is 2.39. The molecule has 3 nitrogen and oxygen atoms in total. The van der Waals surface area contributed by atoms with Crippen LogP contribution in [0, 0.1) is 0 Å². The Labute approximate surface area is 129 Å². The first-order chi connectivity index (χ1) is 9.87. The molecule has 21 heavy (non-hydrogen) atoms. The van der Waals surface area contributed by atoms with E-state index in [4.69, 9.17) is 0 Å². The predicted molar refractivity (Wildman–Crippen MR) is 85.6 cm³/mol. The van der Waals surface area contributed by atoms with Crippen molar-refractivity contribution in [1.82, 2.24) is 5.32 Å². The Morgan fingerprint density at radius 2 is 1.62 bits per heavy atom. The molecule has 3 rings (SSSR count). The SMILES string of the molecule is CC(C)(C)SC1=C(NC2CC2)C(=O)c2ccccc2C1=O. The summed E-state index contributed by atoms with van der Waals surface area (Å²) in [5.41, 5.74) is 1.54. The number of carbonyl (C=O) groups is 2. The summed E-state index contributed by atoms with van der Waals surface area (Å²) in [6.07, 6.45) is 2.14. The molecule has 2 aliphatic rings. The van der Waals surface area contributed by atoms with Crippen molar-refractivity contribution in [1.29, 1.82) is 0 Å². The third-order valence-electron chi connectivity index (χ3n) is 3.41. The summed E-state index contributed by atoms with van der Waals surface area (Å²) in [7, 11) is 0. The number of ketones is 2. The van der Waals surface area contributed by atoms with Crippen LogP contribution in [-0.2, 0) is 0 Å². The molecule has 0 aliphatic heterocycles.